The predicted molar refractivity (Wildman–Crippen MR) is 149 cm³/mol. The molecule has 0 radical (unpaired) electrons. The number of hydrogen-bond donors (Lipinski definition) is 2. The number of pyridine rings is 1. The second-order valence-electron chi connectivity index (χ2n) is 11.4. The van der Waals surface area contributed by atoms with Crippen LogP contribution in [0.15, 0.2) is 48.7 Å². The average Bonchev–Trinajstić information content (AvgIpc) is 3.59. The number of nitrogens with one attached hydrogen (secondary N) is 1. The van der Waals surface area contributed by atoms with E-state index >= 15 is 0 Å². The lowest BCUT2D eigenvalue weighted by molar-refractivity contribution is 0.0636. The molecule has 208 valence electrons. The average molecular weight is 536 g/mol. The number of benzene rings is 2. The number of anilines is 1. The number of rotatable bonds is 9. The maximum atomic E-state index is 12.0. The summed E-state index contributed by atoms with van der Waals surface area (Å²) < 4.78 is 23.2. The first-order valence-electron chi connectivity index (χ1n) is 13.4. The maximum absolute atomic E-state index is 12.0. The molecule has 5 rings (SSSR count). The van der Waals surface area contributed by atoms with Crippen LogP contribution in [0.2, 0.25) is 0 Å². The summed E-state index contributed by atoms with van der Waals surface area (Å²) in [6.45, 7) is 8.64. The third kappa shape index (κ3) is 6.54. The van der Waals surface area contributed by atoms with Crippen LogP contribution >= 0.6 is 0 Å². The number of likely N-dealkylation sites (tertiary alicyclic amines) is 1. The van der Waals surface area contributed by atoms with Crippen LogP contribution in [-0.4, -0.2) is 66.1 Å². The zero-order valence-electron chi connectivity index (χ0n) is 23.0. The number of hydrogen-bond acceptors (Lipinski definition) is 8. The van der Waals surface area contributed by atoms with Crippen LogP contribution in [-0.2, 0) is 4.74 Å². The van der Waals surface area contributed by atoms with Crippen LogP contribution in [0, 0.1) is 5.41 Å². The summed E-state index contributed by atoms with van der Waals surface area (Å²) in [6, 6.07) is 12.6. The van der Waals surface area contributed by atoms with Gasteiger partial charge in [0.05, 0.1) is 25.3 Å². The Morgan fingerprint density at radius 1 is 1.13 bits per heavy atom. The van der Waals surface area contributed by atoms with Crippen molar-refractivity contribution in [2.45, 2.75) is 51.7 Å². The smallest absolute Gasteiger partial charge is 0.412 e. The van der Waals surface area contributed by atoms with Crippen LogP contribution in [0.4, 0.5) is 10.5 Å². The fraction of sp³-hybridized carbons (Fsp3) is 0.467. The summed E-state index contributed by atoms with van der Waals surface area (Å²) >= 11 is 0. The van der Waals surface area contributed by atoms with Crippen molar-refractivity contribution in [3.8, 4) is 23.0 Å². The summed E-state index contributed by atoms with van der Waals surface area (Å²) in [5.74, 6) is 2.47. The van der Waals surface area contributed by atoms with Gasteiger partial charge >= 0.3 is 6.09 Å². The van der Waals surface area contributed by atoms with Gasteiger partial charge in [-0.3, -0.25) is 15.2 Å². The van der Waals surface area contributed by atoms with E-state index in [1.54, 1.807) is 43.6 Å². The number of aliphatic hydroxyl groups is 1. The minimum absolute atomic E-state index is 0.173. The van der Waals surface area contributed by atoms with Crippen LogP contribution in [0.25, 0.3) is 10.9 Å². The molecule has 2 fully saturated rings. The summed E-state index contributed by atoms with van der Waals surface area (Å²) in [6.07, 6.45) is 4.14. The molecule has 1 unspecified atom stereocenters. The summed E-state index contributed by atoms with van der Waals surface area (Å²) in [5.41, 5.74) is 0.934. The van der Waals surface area contributed by atoms with Crippen molar-refractivity contribution in [3.63, 3.8) is 0 Å². The molecular formula is C30H37N3O6. The summed E-state index contributed by atoms with van der Waals surface area (Å²) in [4.78, 5) is 18.9. The van der Waals surface area contributed by atoms with E-state index < -0.39 is 11.7 Å². The maximum Gasteiger partial charge on any atom is 0.412 e. The Balaban J connectivity index is 1.21. The van der Waals surface area contributed by atoms with E-state index in [2.05, 4.69) is 15.2 Å². The lowest BCUT2D eigenvalue weighted by Crippen LogP contribution is -2.27. The Bertz CT molecular complexity index is 1320. The molecule has 1 saturated heterocycles. The minimum Gasteiger partial charge on any atom is -0.493 e. The van der Waals surface area contributed by atoms with Gasteiger partial charge in [0.1, 0.15) is 17.1 Å². The summed E-state index contributed by atoms with van der Waals surface area (Å²) in [7, 11) is 1.61. The lowest BCUT2D eigenvalue weighted by Gasteiger charge is -2.19. The molecule has 1 aliphatic heterocycles. The van der Waals surface area contributed by atoms with Crippen LogP contribution < -0.4 is 19.5 Å². The molecule has 2 aromatic carbocycles. The molecule has 0 bridgehead atoms. The van der Waals surface area contributed by atoms with E-state index in [1.807, 2.05) is 32.9 Å². The molecule has 1 saturated carbocycles. The molecule has 9 nitrogen and oxygen atoms in total. The number of fused-ring (bicyclic) bond motifs is 1. The molecule has 1 spiro atoms. The molecule has 2 aliphatic rings. The van der Waals surface area contributed by atoms with Crippen molar-refractivity contribution < 1.29 is 28.8 Å². The van der Waals surface area contributed by atoms with E-state index in [1.165, 1.54) is 0 Å². The van der Waals surface area contributed by atoms with Gasteiger partial charge in [-0.1, -0.05) is 0 Å². The fourth-order valence-electron chi connectivity index (χ4n) is 4.99. The predicted octanol–water partition coefficient (Wildman–Crippen LogP) is 5.61. The van der Waals surface area contributed by atoms with Crippen molar-refractivity contribution in [2.75, 3.05) is 38.7 Å². The second kappa shape index (κ2) is 10.9. The largest absolute Gasteiger partial charge is 0.493 e. The Kier molecular flexibility index (Phi) is 7.55. The molecule has 2 heterocycles. The number of aliphatic hydroxyl groups excluding tert-OH is 1. The van der Waals surface area contributed by atoms with Gasteiger partial charge in [0, 0.05) is 48.4 Å². The number of nitrogens with zero attached hydrogens (tertiary/aromatic N) is 2. The monoisotopic (exact) mass is 535 g/mol. The van der Waals surface area contributed by atoms with Gasteiger partial charge in [0.15, 0.2) is 11.5 Å². The van der Waals surface area contributed by atoms with E-state index in [-0.39, 0.29) is 11.5 Å². The van der Waals surface area contributed by atoms with Gasteiger partial charge in [0.25, 0.3) is 0 Å². The third-order valence-corrected chi connectivity index (χ3v) is 7.16. The van der Waals surface area contributed by atoms with E-state index in [4.69, 9.17) is 18.9 Å². The number of methoxy groups -OCH3 is 1. The topological polar surface area (TPSA) is 102 Å². The standard InChI is InChI=1S/C30H37N3O6/c1-29(2,3)39-28(35)32-20-6-8-21(9-7-20)38-24-10-13-31-23-17-26(25(36-4)16-22(23)24)37-15-5-14-33-18-27(34)30(19-33)11-12-30/h6-10,13,16-17,27,34H,5,11-12,14-15,18-19H2,1-4H3,(H,32,35). The number of ether oxygens (including phenoxy) is 4. The molecule has 9 heteroatoms. The van der Waals surface area contributed by atoms with Crippen LogP contribution in [0.5, 0.6) is 23.0 Å². The number of carbonyl (C=O) groups is 1. The van der Waals surface area contributed by atoms with Crippen LogP contribution in [0.3, 0.4) is 0 Å². The third-order valence-electron chi connectivity index (χ3n) is 7.16. The van der Waals surface area contributed by atoms with Gasteiger partial charge in [0.2, 0.25) is 0 Å². The normalized spacial score (nSPS) is 18.2. The first kappa shape index (κ1) is 27.0. The number of aromatic nitrogens is 1. The molecule has 3 aromatic rings. The highest BCUT2D eigenvalue weighted by Crippen LogP contribution is 2.52. The van der Waals surface area contributed by atoms with Crippen molar-refractivity contribution in [1.29, 1.82) is 0 Å². The molecule has 39 heavy (non-hydrogen) atoms. The van der Waals surface area contributed by atoms with Crippen molar-refractivity contribution in [3.05, 3.63) is 48.7 Å². The van der Waals surface area contributed by atoms with E-state index in [9.17, 15) is 9.90 Å². The summed E-state index contributed by atoms with van der Waals surface area (Å²) in [5, 5.41) is 13.8. The van der Waals surface area contributed by atoms with E-state index in [0.29, 0.717) is 35.3 Å². The molecular weight excluding hydrogens is 498 g/mol. The minimum atomic E-state index is -0.570. The molecule has 1 atom stereocenters. The SMILES string of the molecule is COc1cc2c(Oc3ccc(NC(=O)OC(C)(C)C)cc3)ccnc2cc1OCCCN1CC(O)C2(CC2)C1. The van der Waals surface area contributed by atoms with Gasteiger partial charge in [-0.15, -0.1) is 0 Å². The van der Waals surface area contributed by atoms with Gasteiger partial charge in [-0.25, -0.2) is 4.79 Å². The Morgan fingerprint density at radius 3 is 2.56 bits per heavy atom. The second-order valence-corrected chi connectivity index (χ2v) is 11.4. The highest BCUT2D eigenvalue weighted by Gasteiger charge is 2.54. The zero-order chi connectivity index (χ0) is 27.6. The van der Waals surface area contributed by atoms with Crippen molar-refractivity contribution in [1.82, 2.24) is 9.88 Å². The van der Waals surface area contributed by atoms with Crippen molar-refractivity contribution >= 4 is 22.7 Å². The zero-order valence-corrected chi connectivity index (χ0v) is 23.0. The number of β-amino-alcohol motifs (C(OH)–C–C–N with tert-alkyl or cyclic N) is 1. The van der Waals surface area contributed by atoms with E-state index in [0.717, 1.165) is 49.8 Å². The highest BCUT2D eigenvalue weighted by molar-refractivity contribution is 5.88. The number of carbonyl (C=O) groups excluding carboxylic acids is 1. The molecule has 2 N–H and O–H groups in total. The number of amides is 1. The highest BCUT2D eigenvalue weighted by atomic mass is 16.6. The lowest BCUT2D eigenvalue weighted by atomic mass is 10.0. The Hall–Kier alpha value is -3.56. The van der Waals surface area contributed by atoms with Crippen LogP contribution in [0.1, 0.15) is 40.0 Å². The van der Waals surface area contributed by atoms with Gasteiger partial charge < -0.3 is 24.1 Å². The quantitative estimate of drug-likeness (QED) is 0.341. The first-order valence-corrected chi connectivity index (χ1v) is 13.4. The molecule has 1 amide bonds. The first-order chi connectivity index (χ1) is 18.6. The molecule has 1 aliphatic carbocycles. The Labute approximate surface area is 229 Å². The Morgan fingerprint density at radius 2 is 1.90 bits per heavy atom. The molecule has 1 aromatic heterocycles. The van der Waals surface area contributed by atoms with Gasteiger partial charge in [-0.05, 0) is 76.4 Å². The van der Waals surface area contributed by atoms with Gasteiger partial charge in [-0.2, -0.15) is 0 Å². The fourth-order valence-corrected chi connectivity index (χ4v) is 4.99. The van der Waals surface area contributed by atoms with Crippen molar-refractivity contribution in [2.24, 2.45) is 5.41 Å².